The molecule has 0 saturated heterocycles. The van der Waals surface area contributed by atoms with E-state index in [1.54, 1.807) is 13.8 Å². The van der Waals surface area contributed by atoms with Gasteiger partial charge in [-0.3, -0.25) is 9.59 Å². The number of aliphatic hydroxyl groups excluding tert-OH is 1. The van der Waals surface area contributed by atoms with Crippen molar-refractivity contribution in [1.82, 2.24) is 5.32 Å². The molecule has 5 heteroatoms. The number of carboxylic acids is 1. The van der Waals surface area contributed by atoms with Crippen molar-refractivity contribution in [3.8, 4) is 0 Å². The molecular formula is C13H23NO4. The fraction of sp³-hybridized carbons (Fsp3) is 0.846. The lowest BCUT2D eigenvalue weighted by Crippen LogP contribution is -2.46. The molecule has 3 N–H and O–H groups in total. The van der Waals surface area contributed by atoms with Crippen LogP contribution in [0.5, 0.6) is 0 Å². The van der Waals surface area contributed by atoms with Gasteiger partial charge < -0.3 is 15.5 Å². The van der Waals surface area contributed by atoms with Gasteiger partial charge in [0.15, 0.2) is 0 Å². The third kappa shape index (κ3) is 5.04. The minimum atomic E-state index is -0.898. The molecule has 1 amide bonds. The van der Waals surface area contributed by atoms with Crippen LogP contribution in [0.15, 0.2) is 0 Å². The van der Waals surface area contributed by atoms with Gasteiger partial charge in [0, 0.05) is 6.42 Å². The quantitative estimate of drug-likeness (QED) is 0.692. The van der Waals surface area contributed by atoms with Crippen LogP contribution in [0.4, 0.5) is 0 Å². The molecule has 1 fully saturated rings. The van der Waals surface area contributed by atoms with Crippen LogP contribution in [0, 0.1) is 5.41 Å². The normalized spacial score (nSPS) is 24.6. The molecule has 1 aliphatic carbocycles. The lowest BCUT2D eigenvalue weighted by atomic mass is 9.85. The standard InChI is InChI=1S/C13H23NO4/c1-13(2,8-12(17)18)7-11(16)14-9-5-3-4-6-10(9)15/h9-10,15H,3-8H2,1-2H3,(H,14,16)(H,17,18)/t9-,10-/m1/s1. The molecule has 1 aliphatic rings. The van der Waals surface area contributed by atoms with E-state index in [4.69, 9.17) is 5.11 Å². The minimum Gasteiger partial charge on any atom is -0.481 e. The molecule has 0 bridgehead atoms. The van der Waals surface area contributed by atoms with E-state index in [0.29, 0.717) is 0 Å². The van der Waals surface area contributed by atoms with Gasteiger partial charge in [-0.15, -0.1) is 0 Å². The molecule has 0 heterocycles. The third-order valence-electron chi connectivity index (χ3n) is 3.34. The van der Waals surface area contributed by atoms with Crippen molar-refractivity contribution in [2.45, 2.75) is 64.5 Å². The van der Waals surface area contributed by atoms with Crippen molar-refractivity contribution >= 4 is 11.9 Å². The first-order valence-electron chi connectivity index (χ1n) is 6.49. The van der Waals surface area contributed by atoms with E-state index in [0.717, 1.165) is 25.7 Å². The van der Waals surface area contributed by atoms with E-state index in [2.05, 4.69) is 5.32 Å². The highest BCUT2D eigenvalue weighted by Gasteiger charge is 2.29. The van der Waals surface area contributed by atoms with Crippen LogP contribution in [0.1, 0.15) is 52.4 Å². The second-order valence-corrected chi connectivity index (χ2v) is 5.94. The zero-order valence-corrected chi connectivity index (χ0v) is 11.1. The van der Waals surface area contributed by atoms with Gasteiger partial charge in [-0.2, -0.15) is 0 Å². The number of aliphatic carboxylic acids is 1. The van der Waals surface area contributed by atoms with Crippen LogP contribution in [0.2, 0.25) is 0 Å². The first kappa shape index (κ1) is 15.0. The maximum atomic E-state index is 11.8. The summed E-state index contributed by atoms with van der Waals surface area (Å²) in [5.41, 5.74) is -0.560. The highest BCUT2D eigenvalue weighted by molar-refractivity contribution is 5.78. The van der Waals surface area contributed by atoms with Crippen molar-refractivity contribution < 1.29 is 19.8 Å². The van der Waals surface area contributed by atoms with E-state index in [1.165, 1.54) is 0 Å². The fourth-order valence-electron chi connectivity index (χ4n) is 2.44. The van der Waals surface area contributed by atoms with E-state index < -0.39 is 17.5 Å². The fourth-order valence-corrected chi connectivity index (χ4v) is 2.44. The van der Waals surface area contributed by atoms with E-state index in [1.807, 2.05) is 0 Å². The Morgan fingerprint density at radius 2 is 1.83 bits per heavy atom. The molecule has 1 saturated carbocycles. The summed E-state index contributed by atoms with van der Waals surface area (Å²) in [6.45, 7) is 3.52. The smallest absolute Gasteiger partial charge is 0.303 e. The van der Waals surface area contributed by atoms with Crippen molar-refractivity contribution in [2.24, 2.45) is 5.41 Å². The van der Waals surface area contributed by atoms with Crippen LogP contribution >= 0.6 is 0 Å². The molecule has 0 aromatic carbocycles. The molecule has 0 aromatic heterocycles. The molecule has 0 aliphatic heterocycles. The molecule has 0 radical (unpaired) electrons. The second kappa shape index (κ2) is 6.18. The number of carbonyl (C=O) groups is 2. The van der Waals surface area contributed by atoms with Crippen LogP contribution in [0.25, 0.3) is 0 Å². The predicted molar refractivity (Wildman–Crippen MR) is 67.1 cm³/mol. The lowest BCUT2D eigenvalue weighted by Gasteiger charge is -2.30. The molecule has 0 unspecified atom stereocenters. The van der Waals surface area contributed by atoms with Crippen LogP contribution in [0.3, 0.4) is 0 Å². The summed E-state index contributed by atoms with van der Waals surface area (Å²) in [7, 11) is 0. The summed E-state index contributed by atoms with van der Waals surface area (Å²) in [5, 5.41) is 21.3. The Morgan fingerprint density at radius 3 is 2.39 bits per heavy atom. The zero-order valence-electron chi connectivity index (χ0n) is 11.1. The molecular weight excluding hydrogens is 234 g/mol. The number of nitrogens with one attached hydrogen (secondary N) is 1. The topological polar surface area (TPSA) is 86.6 Å². The summed E-state index contributed by atoms with van der Waals surface area (Å²) in [4.78, 5) is 22.5. The molecule has 18 heavy (non-hydrogen) atoms. The molecule has 104 valence electrons. The first-order valence-corrected chi connectivity index (χ1v) is 6.49. The van der Waals surface area contributed by atoms with Crippen LogP contribution in [-0.2, 0) is 9.59 Å². The zero-order chi connectivity index (χ0) is 13.8. The number of carboxylic acid groups (broad SMARTS) is 1. The third-order valence-corrected chi connectivity index (χ3v) is 3.34. The monoisotopic (exact) mass is 257 g/mol. The van der Waals surface area contributed by atoms with Gasteiger partial charge >= 0.3 is 5.97 Å². The second-order valence-electron chi connectivity index (χ2n) is 5.94. The summed E-state index contributed by atoms with van der Waals surface area (Å²) in [6.07, 6.45) is 3.20. The number of hydrogen-bond donors (Lipinski definition) is 3. The number of rotatable bonds is 5. The van der Waals surface area contributed by atoms with Crippen LogP contribution < -0.4 is 5.32 Å². The van der Waals surface area contributed by atoms with Crippen molar-refractivity contribution in [3.05, 3.63) is 0 Å². The van der Waals surface area contributed by atoms with Gasteiger partial charge in [-0.1, -0.05) is 26.7 Å². The van der Waals surface area contributed by atoms with Gasteiger partial charge in [-0.05, 0) is 18.3 Å². The Bertz CT molecular complexity index is 314. The number of aliphatic hydroxyl groups is 1. The highest BCUT2D eigenvalue weighted by atomic mass is 16.4. The number of carbonyl (C=O) groups excluding carboxylic acids is 1. The Labute approximate surface area is 108 Å². The van der Waals surface area contributed by atoms with Crippen molar-refractivity contribution in [3.63, 3.8) is 0 Å². The maximum absolute atomic E-state index is 11.8. The van der Waals surface area contributed by atoms with Crippen molar-refractivity contribution in [2.75, 3.05) is 0 Å². The Kier molecular flexibility index (Phi) is 5.14. The van der Waals surface area contributed by atoms with Crippen LogP contribution in [-0.4, -0.2) is 34.2 Å². The van der Waals surface area contributed by atoms with Gasteiger partial charge in [0.1, 0.15) is 0 Å². The van der Waals surface area contributed by atoms with E-state index in [-0.39, 0.29) is 24.8 Å². The molecule has 0 aromatic rings. The largest absolute Gasteiger partial charge is 0.481 e. The average Bonchev–Trinajstić information content (AvgIpc) is 2.18. The summed E-state index contributed by atoms with van der Waals surface area (Å²) in [5.74, 6) is -1.07. The van der Waals surface area contributed by atoms with E-state index >= 15 is 0 Å². The molecule has 1 rings (SSSR count). The van der Waals surface area contributed by atoms with Gasteiger partial charge in [0.25, 0.3) is 0 Å². The highest BCUT2D eigenvalue weighted by Crippen LogP contribution is 2.25. The number of hydrogen-bond acceptors (Lipinski definition) is 3. The van der Waals surface area contributed by atoms with Crippen molar-refractivity contribution in [1.29, 1.82) is 0 Å². The molecule has 5 nitrogen and oxygen atoms in total. The molecule has 2 atom stereocenters. The van der Waals surface area contributed by atoms with E-state index in [9.17, 15) is 14.7 Å². The Balaban J connectivity index is 2.43. The minimum absolute atomic E-state index is 0.0341. The average molecular weight is 257 g/mol. The summed E-state index contributed by atoms with van der Waals surface area (Å²) in [6, 6.07) is -0.174. The first-order chi connectivity index (χ1) is 8.30. The molecule has 0 spiro atoms. The lowest BCUT2D eigenvalue weighted by molar-refractivity contribution is -0.139. The maximum Gasteiger partial charge on any atom is 0.303 e. The van der Waals surface area contributed by atoms with Gasteiger partial charge in [0.05, 0.1) is 18.6 Å². The van der Waals surface area contributed by atoms with Gasteiger partial charge in [0.2, 0.25) is 5.91 Å². The Hall–Kier alpha value is -1.10. The number of amides is 1. The predicted octanol–water partition coefficient (Wildman–Crippen LogP) is 1.30. The summed E-state index contributed by atoms with van der Waals surface area (Å²) < 4.78 is 0. The van der Waals surface area contributed by atoms with Gasteiger partial charge in [-0.25, -0.2) is 0 Å². The summed E-state index contributed by atoms with van der Waals surface area (Å²) >= 11 is 0. The SMILES string of the molecule is CC(C)(CC(=O)O)CC(=O)N[C@@H]1CCCC[C@H]1O. The Morgan fingerprint density at radius 1 is 1.22 bits per heavy atom.